The molecule has 1 aliphatic heterocycles. The quantitative estimate of drug-likeness (QED) is 0.434. The Morgan fingerprint density at radius 1 is 1.10 bits per heavy atom. The fourth-order valence-electron chi connectivity index (χ4n) is 2.80. The Labute approximate surface area is 172 Å². The van der Waals surface area contributed by atoms with E-state index < -0.39 is 0 Å². The summed E-state index contributed by atoms with van der Waals surface area (Å²) >= 11 is 0. The van der Waals surface area contributed by atoms with Gasteiger partial charge in [0.2, 0.25) is 6.79 Å². The molecule has 1 aliphatic rings. The van der Waals surface area contributed by atoms with Crippen LogP contribution in [0, 0.1) is 0 Å². The number of aromatic nitrogens is 2. The molecular formula is C20H20N6O4. The van der Waals surface area contributed by atoms with Gasteiger partial charge in [-0.1, -0.05) is 6.07 Å². The normalized spacial score (nSPS) is 11.6. The second-order valence-corrected chi connectivity index (χ2v) is 6.33. The van der Waals surface area contributed by atoms with Gasteiger partial charge in [-0.25, -0.2) is 9.97 Å². The summed E-state index contributed by atoms with van der Waals surface area (Å²) in [5.41, 5.74) is 13.1. The number of nitrogen functional groups attached to an aromatic ring is 1. The number of benzene rings is 2. The van der Waals surface area contributed by atoms with Crippen LogP contribution in [0.15, 0.2) is 48.8 Å². The molecule has 3 aromatic rings. The highest BCUT2D eigenvalue weighted by Crippen LogP contribution is 2.33. The molecule has 0 saturated heterocycles. The van der Waals surface area contributed by atoms with Crippen molar-refractivity contribution in [1.82, 2.24) is 15.4 Å². The van der Waals surface area contributed by atoms with Gasteiger partial charge >= 0.3 is 0 Å². The van der Waals surface area contributed by atoms with Gasteiger partial charge in [0.25, 0.3) is 5.91 Å². The van der Waals surface area contributed by atoms with Crippen molar-refractivity contribution < 1.29 is 19.0 Å². The minimum Gasteiger partial charge on any atom is -0.497 e. The van der Waals surface area contributed by atoms with E-state index in [1.54, 1.807) is 31.4 Å². The number of ether oxygens (including phenoxy) is 3. The van der Waals surface area contributed by atoms with E-state index in [4.69, 9.17) is 19.9 Å². The largest absolute Gasteiger partial charge is 0.497 e. The van der Waals surface area contributed by atoms with E-state index in [9.17, 15) is 4.79 Å². The lowest BCUT2D eigenvalue weighted by atomic mass is 10.2. The Hall–Kier alpha value is -4.21. The van der Waals surface area contributed by atoms with E-state index in [1.165, 1.54) is 6.33 Å². The molecule has 30 heavy (non-hydrogen) atoms. The molecule has 5 N–H and O–H groups in total. The van der Waals surface area contributed by atoms with Crippen LogP contribution in [0.5, 0.6) is 17.2 Å². The van der Waals surface area contributed by atoms with E-state index in [0.29, 0.717) is 29.4 Å². The van der Waals surface area contributed by atoms with Crippen LogP contribution >= 0.6 is 0 Å². The predicted octanol–water partition coefficient (Wildman–Crippen LogP) is 2.17. The molecule has 0 atom stereocenters. The van der Waals surface area contributed by atoms with Crippen molar-refractivity contribution in [2.24, 2.45) is 0 Å². The summed E-state index contributed by atoms with van der Waals surface area (Å²) in [6.45, 7) is 0.692. The number of anilines is 3. The first-order chi connectivity index (χ1) is 14.6. The molecule has 0 unspecified atom stereocenters. The summed E-state index contributed by atoms with van der Waals surface area (Å²) in [4.78, 5) is 20.5. The Kier molecular flexibility index (Phi) is 5.37. The summed E-state index contributed by atoms with van der Waals surface area (Å²) in [5, 5.41) is 3.15. The van der Waals surface area contributed by atoms with Gasteiger partial charge in [-0.2, -0.15) is 0 Å². The molecule has 1 aromatic heterocycles. The van der Waals surface area contributed by atoms with Crippen LogP contribution in [0.4, 0.5) is 17.3 Å². The lowest BCUT2D eigenvalue weighted by Crippen LogP contribution is -2.30. The van der Waals surface area contributed by atoms with Crippen molar-refractivity contribution in [3.05, 3.63) is 59.9 Å². The Morgan fingerprint density at radius 3 is 2.67 bits per heavy atom. The summed E-state index contributed by atoms with van der Waals surface area (Å²) < 4.78 is 15.8. The first-order valence-corrected chi connectivity index (χ1v) is 9.07. The molecule has 154 valence electrons. The van der Waals surface area contributed by atoms with Crippen molar-refractivity contribution in [1.29, 1.82) is 0 Å². The Bertz CT molecular complexity index is 1060. The average molecular weight is 408 g/mol. The number of carbonyl (C=O) groups is 1. The molecule has 1 amide bonds. The van der Waals surface area contributed by atoms with Crippen LogP contribution in [0.1, 0.15) is 15.9 Å². The molecule has 0 aliphatic carbocycles. The fourth-order valence-corrected chi connectivity index (χ4v) is 2.80. The highest BCUT2D eigenvalue weighted by molar-refractivity contribution is 5.95. The lowest BCUT2D eigenvalue weighted by molar-refractivity contribution is 0.0962. The van der Waals surface area contributed by atoms with Crippen molar-refractivity contribution in [3.63, 3.8) is 0 Å². The molecule has 0 radical (unpaired) electrons. The van der Waals surface area contributed by atoms with Gasteiger partial charge in [-0.05, 0) is 42.0 Å². The number of hydrazine groups is 1. The maximum atomic E-state index is 12.3. The third-order valence-corrected chi connectivity index (χ3v) is 4.43. The van der Waals surface area contributed by atoms with Gasteiger partial charge in [0, 0.05) is 12.1 Å². The zero-order valence-corrected chi connectivity index (χ0v) is 16.1. The van der Waals surface area contributed by atoms with Gasteiger partial charge in [0.05, 0.1) is 7.11 Å². The number of hydrogen-bond donors (Lipinski definition) is 4. The van der Waals surface area contributed by atoms with Crippen LogP contribution in [0.3, 0.4) is 0 Å². The molecule has 10 heteroatoms. The number of amides is 1. The van der Waals surface area contributed by atoms with Crippen LogP contribution in [0.25, 0.3) is 0 Å². The lowest BCUT2D eigenvalue weighted by Gasteiger charge is -2.13. The number of nitrogens with zero attached hydrogens (tertiary/aromatic N) is 2. The van der Waals surface area contributed by atoms with E-state index in [-0.39, 0.29) is 24.2 Å². The number of nitrogens with two attached hydrogens (primary N) is 1. The van der Waals surface area contributed by atoms with Gasteiger partial charge in [0.15, 0.2) is 23.1 Å². The van der Waals surface area contributed by atoms with Crippen LogP contribution < -0.4 is 36.1 Å². The van der Waals surface area contributed by atoms with E-state index in [2.05, 4.69) is 26.1 Å². The standard InChI is InChI=1S/C20H20N6O4/c1-28-14-5-3-13(4-6-14)20(27)26-25-19-17(21)18(23-10-24-19)22-9-12-2-7-15-16(8-12)30-11-29-15/h2-8,10H,9,11,21H2,1H3,(H,26,27)(H2,22,23,24,25). The highest BCUT2D eigenvalue weighted by Gasteiger charge is 2.14. The second kappa shape index (κ2) is 8.43. The third kappa shape index (κ3) is 4.12. The third-order valence-electron chi connectivity index (χ3n) is 4.43. The Balaban J connectivity index is 1.38. The SMILES string of the molecule is COc1ccc(C(=O)NNc2ncnc(NCc3ccc4c(c3)OCO4)c2N)cc1. The maximum absolute atomic E-state index is 12.3. The topological polar surface area (TPSA) is 133 Å². The first kappa shape index (κ1) is 19.1. The second-order valence-electron chi connectivity index (χ2n) is 6.33. The van der Waals surface area contributed by atoms with Gasteiger partial charge in [-0.15, -0.1) is 0 Å². The average Bonchev–Trinajstić information content (AvgIpc) is 3.25. The monoisotopic (exact) mass is 408 g/mol. The molecule has 10 nitrogen and oxygen atoms in total. The summed E-state index contributed by atoms with van der Waals surface area (Å²) in [7, 11) is 1.56. The summed E-state index contributed by atoms with van der Waals surface area (Å²) in [6.07, 6.45) is 1.35. The molecule has 0 fully saturated rings. The molecular weight excluding hydrogens is 388 g/mol. The first-order valence-electron chi connectivity index (χ1n) is 9.07. The number of rotatable bonds is 7. The van der Waals surface area contributed by atoms with Gasteiger partial charge in [-0.3, -0.25) is 15.6 Å². The zero-order valence-electron chi connectivity index (χ0n) is 16.1. The van der Waals surface area contributed by atoms with E-state index >= 15 is 0 Å². The summed E-state index contributed by atoms with van der Waals surface area (Å²) in [6, 6.07) is 12.4. The molecule has 4 rings (SSSR count). The number of hydrogen-bond acceptors (Lipinski definition) is 9. The van der Waals surface area contributed by atoms with Crippen LogP contribution in [-0.4, -0.2) is 29.8 Å². The minimum atomic E-state index is -0.342. The number of nitrogens with one attached hydrogen (secondary N) is 3. The molecule has 2 heterocycles. The number of fused-ring (bicyclic) bond motifs is 1. The van der Waals surface area contributed by atoms with Crippen LogP contribution in [0.2, 0.25) is 0 Å². The number of methoxy groups -OCH3 is 1. The van der Waals surface area contributed by atoms with Crippen molar-refractivity contribution in [2.75, 3.05) is 30.4 Å². The highest BCUT2D eigenvalue weighted by atomic mass is 16.7. The van der Waals surface area contributed by atoms with E-state index in [0.717, 1.165) is 11.3 Å². The van der Waals surface area contributed by atoms with Crippen molar-refractivity contribution >= 4 is 23.2 Å². The van der Waals surface area contributed by atoms with Gasteiger partial charge < -0.3 is 25.3 Å². The van der Waals surface area contributed by atoms with E-state index in [1.807, 2.05) is 18.2 Å². The molecule has 0 spiro atoms. The summed E-state index contributed by atoms with van der Waals surface area (Å²) in [5.74, 6) is 2.46. The zero-order chi connectivity index (χ0) is 20.9. The predicted molar refractivity (Wildman–Crippen MR) is 110 cm³/mol. The maximum Gasteiger partial charge on any atom is 0.269 e. The Morgan fingerprint density at radius 2 is 1.87 bits per heavy atom. The van der Waals surface area contributed by atoms with Crippen molar-refractivity contribution in [2.45, 2.75) is 6.54 Å². The molecule has 2 aromatic carbocycles. The van der Waals surface area contributed by atoms with Gasteiger partial charge in [0.1, 0.15) is 17.8 Å². The molecule has 0 bridgehead atoms. The number of carbonyl (C=O) groups excluding carboxylic acids is 1. The van der Waals surface area contributed by atoms with Crippen LogP contribution in [-0.2, 0) is 6.54 Å². The smallest absolute Gasteiger partial charge is 0.269 e. The van der Waals surface area contributed by atoms with Crippen molar-refractivity contribution in [3.8, 4) is 17.2 Å². The minimum absolute atomic E-state index is 0.225. The molecule has 0 saturated carbocycles. The fraction of sp³-hybridized carbons (Fsp3) is 0.150.